The van der Waals surface area contributed by atoms with E-state index >= 15 is 0 Å². The van der Waals surface area contributed by atoms with E-state index in [1.165, 1.54) is 0 Å². The second kappa shape index (κ2) is 10.0. The molecule has 1 heterocycles. The van der Waals surface area contributed by atoms with Crippen molar-refractivity contribution in [1.82, 2.24) is 4.90 Å². The topological polar surface area (TPSA) is 38.8 Å². The van der Waals surface area contributed by atoms with Crippen LogP contribution in [0.5, 0.6) is 5.75 Å². The summed E-state index contributed by atoms with van der Waals surface area (Å²) in [6.07, 6.45) is 1.66. The summed E-state index contributed by atoms with van der Waals surface area (Å²) in [6.45, 7) is 5.52. The van der Waals surface area contributed by atoms with Gasteiger partial charge < -0.3 is 14.4 Å². The highest BCUT2D eigenvalue weighted by molar-refractivity contribution is 5.88. The number of hydrogen-bond acceptors (Lipinski definition) is 3. The van der Waals surface area contributed by atoms with Gasteiger partial charge in [0.15, 0.2) is 0 Å². The minimum atomic E-state index is -0.651. The van der Waals surface area contributed by atoms with Gasteiger partial charge in [-0.2, -0.15) is 0 Å². The summed E-state index contributed by atoms with van der Waals surface area (Å²) in [5.74, 6) is 0.879. The molecule has 4 nitrogen and oxygen atoms in total. The van der Waals surface area contributed by atoms with Crippen LogP contribution in [0.1, 0.15) is 49.4 Å². The fraction of sp³-hybridized carbons (Fsp3) is 0.321. The first-order valence-corrected chi connectivity index (χ1v) is 11.3. The number of benzene rings is 3. The number of carbonyl (C=O) groups is 1. The van der Waals surface area contributed by atoms with Crippen LogP contribution in [0, 0.1) is 0 Å². The van der Waals surface area contributed by atoms with Gasteiger partial charge in [0.05, 0.1) is 18.1 Å². The van der Waals surface area contributed by atoms with Gasteiger partial charge in [-0.05, 0) is 42.2 Å². The Labute approximate surface area is 190 Å². The van der Waals surface area contributed by atoms with Gasteiger partial charge in [-0.15, -0.1) is 0 Å². The van der Waals surface area contributed by atoms with Gasteiger partial charge in [-0.3, -0.25) is 4.79 Å². The molecule has 4 rings (SSSR count). The molecule has 0 N–H and O–H groups in total. The number of rotatable bonds is 8. The Morgan fingerprint density at radius 1 is 1.03 bits per heavy atom. The average molecular weight is 430 g/mol. The Hall–Kier alpha value is -3.11. The highest BCUT2D eigenvalue weighted by atomic mass is 16.5. The second-order valence-corrected chi connectivity index (χ2v) is 8.59. The summed E-state index contributed by atoms with van der Waals surface area (Å²) >= 11 is 0. The smallest absolute Gasteiger partial charge is 0.235 e. The van der Waals surface area contributed by atoms with Crippen LogP contribution < -0.4 is 4.74 Å². The number of amides is 1. The Kier molecular flexibility index (Phi) is 6.91. The third-order valence-corrected chi connectivity index (χ3v) is 6.27. The van der Waals surface area contributed by atoms with Crippen molar-refractivity contribution < 1.29 is 14.3 Å². The molecule has 3 aromatic carbocycles. The summed E-state index contributed by atoms with van der Waals surface area (Å²) in [6, 6.07) is 28.2. The normalized spacial score (nSPS) is 17.7. The van der Waals surface area contributed by atoms with Crippen molar-refractivity contribution in [3.8, 4) is 5.75 Å². The minimum Gasteiger partial charge on any atom is -0.489 e. The van der Waals surface area contributed by atoms with Gasteiger partial charge in [0.1, 0.15) is 19.1 Å². The first kappa shape index (κ1) is 22.1. The van der Waals surface area contributed by atoms with Crippen LogP contribution in [0.4, 0.5) is 0 Å². The SMILES string of the molecule is CCC[C@@](C)(C(=O)N1COC[C@H]1c1ccccc1)c1cccc(OCc2ccccc2)c1. The number of nitrogens with zero attached hydrogens (tertiary/aromatic N) is 1. The van der Waals surface area contributed by atoms with Crippen LogP contribution in [0.2, 0.25) is 0 Å². The molecular weight excluding hydrogens is 398 g/mol. The number of ether oxygens (including phenoxy) is 2. The quantitative estimate of drug-likeness (QED) is 0.449. The molecule has 1 aliphatic heterocycles. The van der Waals surface area contributed by atoms with Crippen LogP contribution in [0.25, 0.3) is 0 Å². The van der Waals surface area contributed by atoms with Crippen LogP contribution in [0.3, 0.4) is 0 Å². The first-order chi connectivity index (χ1) is 15.6. The molecule has 1 amide bonds. The summed E-state index contributed by atoms with van der Waals surface area (Å²) in [5, 5.41) is 0. The largest absolute Gasteiger partial charge is 0.489 e. The highest BCUT2D eigenvalue weighted by Gasteiger charge is 2.42. The summed E-state index contributed by atoms with van der Waals surface area (Å²) < 4.78 is 11.8. The Morgan fingerprint density at radius 3 is 2.47 bits per heavy atom. The molecule has 0 saturated carbocycles. The lowest BCUT2D eigenvalue weighted by molar-refractivity contribution is -0.139. The van der Waals surface area contributed by atoms with Crippen molar-refractivity contribution in [3.63, 3.8) is 0 Å². The van der Waals surface area contributed by atoms with Crippen LogP contribution in [-0.4, -0.2) is 24.1 Å². The van der Waals surface area contributed by atoms with E-state index in [2.05, 4.69) is 26.0 Å². The van der Waals surface area contributed by atoms with E-state index in [4.69, 9.17) is 9.47 Å². The number of hydrogen-bond donors (Lipinski definition) is 0. The Balaban J connectivity index is 1.58. The van der Waals surface area contributed by atoms with Crippen LogP contribution >= 0.6 is 0 Å². The van der Waals surface area contributed by atoms with Gasteiger partial charge >= 0.3 is 0 Å². The summed E-state index contributed by atoms with van der Waals surface area (Å²) in [5.41, 5.74) is 2.55. The van der Waals surface area contributed by atoms with Crippen molar-refractivity contribution in [2.45, 2.75) is 44.8 Å². The van der Waals surface area contributed by atoms with Gasteiger partial charge in [0, 0.05) is 0 Å². The molecule has 4 heteroatoms. The fourth-order valence-corrected chi connectivity index (χ4v) is 4.46. The molecule has 1 saturated heterocycles. The zero-order valence-corrected chi connectivity index (χ0v) is 18.9. The minimum absolute atomic E-state index is 0.0580. The zero-order chi connectivity index (χ0) is 22.4. The first-order valence-electron chi connectivity index (χ1n) is 11.3. The van der Waals surface area contributed by atoms with Crippen LogP contribution in [-0.2, 0) is 21.6 Å². The molecule has 1 fully saturated rings. The molecule has 0 unspecified atom stereocenters. The van der Waals surface area contributed by atoms with E-state index in [9.17, 15) is 4.79 Å². The van der Waals surface area contributed by atoms with Crippen LogP contribution in [0.15, 0.2) is 84.9 Å². The van der Waals surface area contributed by atoms with Crippen molar-refractivity contribution in [2.75, 3.05) is 13.3 Å². The Bertz CT molecular complexity index is 1020. The Morgan fingerprint density at radius 2 is 1.75 bits per heavy atom. The molecule has 0 aromatic heterocycles. The third-order valence-electron chi connectivity index (χ3n) is 6.27. The van der Waals surface area contributed by atoms with E-state index in [0.29, 0.717) is 19.9 Å². The molecule has 0 bridgehead atoms. The molecule has 0 radical (unpaired) electrons. The maximum absolute atomic E-state index is 13.9. The molecule has 0 spiro atoms. The van der Waals surface area contributed by atoms with E-state index in [1.807, 2.05) is 77.7 Å². The van der Waals surface area contributed by atoms with Gasteiger partial charge in [0.25, 0.3) is 0 Å². The third kappa shape index (κ3) is 4.71. The van der Waals surface area contributed by atoms with Gasteiger partial charge in [-0.25, -0.2) is 0 Å². The molecule has 1 aliphatic rings. The molecule has 32 heavy (non-hydrogen) atoms. The van der Waals surface area contributed by atoms with E-state index in [0.717, 1.165) is 35.3 Å². The van der Waals surface area contributed by atoms with Crippen molar-refractivity contribution in [3.05, 3.63) is 102 Å². The van der Waals surface area contributed by atoms with Gasteiger partial charge in [0.2, 0.25) is 5.91 Å². The monoisotopic (exact) mass is 429 g/mol. The lowest BCUT2D eigenvalue weighted by Crippen LogP contribution is -2.45. The van der Waals surface area contributed by atoms with Crippen molar-refractivity contribution in [1.29, 1.82) is 0 Å². The van der Waals surface area contributed by atoms with E-state index in [-0.39, 0.29) is 11.9 Å². The fourth-order valence-electron chi connectivity index (χ4n) is 4.46. The van der Waals surface area contributed by atoms with Crippen molar-refractivity contribution >= 4 is 5.91 Å². The molecule has 166 valence electrons. The lowest BCUT2D eigenvalue weighted by Gasteiger charge is -2.35. The molecule has 3 aromatic rings. The molecule has 0 aliphatic carbocycles. The summed E-state index contributed by atoms with van der Waals surface area (Å²) in [4.78, 5) is 15.8. The van der Waals surface area contributed by atoms with E-state index in [1.54, 1.807) is 0 Å². The summed E-state index contributed by atoms with van der Waals surface area (Å²) in [7, 11) is 0. The highest BCUT2D eigenvalue weighted by Crippen LogP contribution is 2.37. The zero-order valence-electron chi connectivity index (χ0n) is 18.9. The van der Waals surface area contributed by atoms with E-state index < -0.39 is 5.41 Å². The predicted molar refractivity (Wildman–Crippen MR) is 126 cm³/mol. The maximum Gasteiger partial charge on any atom is 0.235 e. The average Bonchev–Trinajstić information content (AvgIpc) is 3.34. The van der Waals surface area contributed by atoms with Gasteiger partial charge in [-0.1, -0.05) is 86.1 Å². The maximum atomic E-state index is 13.9. The number of carbonyl (C=O) groups excluding carboxylic acids is 1. The predicted octanol–water partition coefficient (Wildman–Crippen LogP) is 5.88. The lowest BCUT2D eigenvalue weighted by atomic mass is 9.77. The molecular formula is C28H31NO3. The standard InChI is InChI=1S/C28H31NO3/c1-3-17-28(2,27(30)29-21-31-20-26(29)23-13-8-5-9-14-23)24-15-10-16-25(18-24)32-19-22-11-6-4-7-12-22/h4-16,18,26H,3,17,19-21H2,1-2H3/t26-,28+/m0/s1. The second-order valence-electron chi connectivity index (χ2n) is 8.59. The molecule has 2 atom stereocenters. The van der Waals surface area contributed by atoms with Crippen molar-refractivity contribution in [2.24, 2.45) is 0 Å².